The lowest BCUT2D eigenvalue weighted by molar-refractivity contribution is 0.0578. The highest BCUT2D eigenvalue weighted by Crippen LogP contribution is 2.28. The molecular weight excluding hydrogens is 287 g/mol. The average molecular weight is 305 g/mol. The van der Waals surface area contributed by atoms with Crippen molar-refractivity contribution in [3.63, 3.8) is 0 Å². The highest BCUT2D eigenvalue weighted by atomic mass is 35.5. The Morgan fingerprint density at radius 3 is 2.42 bits per heavy atom. The number of pyridine rings is 1. The van der Waals surface area contributed by atoms with Crippen molar-refractivity contribution >= 4 is 29.1 Å². The van der Waals surface area contributed by atoms with Crippen molar-refractivity contribution in [1.82, 2.24) is 9.88 Å². The van der Waals surface area contributed by atoms with E-state index in [0.717, 1.165) is 0 Å². The average Bonchev–Trinajstić information content (AvgIpc) is 2.32. The smallest absolute Gasteiger partial charge is 0.257 e. The van der Waals surface area contributed by atoms with Crippen molar-refractivity contribution in [2.24, 2.45) is 0 Å². The van der Waals surface area contributed by atoms with Gasteiger partial charge < -0.3 is 10.0 Å². The Balaban J connectivity index is 3.14. The van der Waals surface area contributed by atoms with Crippen LogP contribution >= 0.6 is 23.2 Å². The van der Waals surface area contributed by atoms with Gasteiger partial charge in [0.15, 0.2) is 0 Å². The van der Waals surface area contributed by atoms with Crippen LogP contribution in [0.5, 0.6) is 0 Å². The van der Waals surface area contributed by atoms with Crippen LogP contribution in [0.15, 0.2) is 6.20 Å². The molecule has 0 radical (unpaired) electrons. The number of aryl methyl sites for hydroxylation is 1. The maximum atomic E-state index is 12.4. The molecule has 1 heterocycles. The normalized spacial score (nSPS) is 12.6. The number of carbonyl (C=O) groups is 1. The Morgan fingerprint density at radius 2 is 1.95 bits per heavy atom. The number of nitrogens with zero attached hydrogens (tertiary/aromatic N) is 2. The molecule has 1 amide bonds. The quantitative estimate of drug-likeness (QED) is 0.930. The number of rotatable bonds is 4. The number of amides is 1. The second-order valence-electron chi connectivity index (χ2n) is 4.79. The van der Waals surface area contributed by atoms with Gasteiger partial charge in [0.1, 0.15) is 0 Å². The molecular formula is C13H18Cl2N2O2. The molecule has 1 rings (SSSR count). The monoisotopic (exact) mass is 304 g/mol. The number of carbonyl (C=O) groups excluding carboxylic acids is 1. The van der Waals surface area contributed by atoms with Crippen LogP contribution in [0.2, 0.25) is 10.0 Å². The summed E-state index contributed by atoms with van der Waals surface area (Å²) in [7, 11) is 0. The van der Waals surface area contributed by atoms with E-state index in [2.05, 4.69) is 4.98 Å². The maximum absolute atomic E-state index is 12.4. The zero-order valence-corrected chi connectivity index (χ0v) is 13.0. The number of aliphatic hydroxyl groups is 1. The molecule has 1 unspecified atom stereocenters. The summed E-state index contributed by atoms with van der Waals surface area (Å²) in [4.78, 5) is 18.0. The third kappa shape index (κ3) is 3.81. The first-order valence-electron chi connectivity index (χ1n) is 6.05. The van der Waals surface area contributed by atoms with E-state index in [0.29, 0.717) is 5.69 Å². The Bertz CT molecular complexity index is 476. The van der Waals surface area contributed by atoms with Crippen LogP contribution < -0.4 is 0 Å². The van der Waals surface area contributed by atoms with Crippen LogP contribution in [-0.2, 0) is 0 Å². The minimum atomic E-state index is -0.612. The van der Waals surface area contributed by atoms with Gasteiger partial charge in [-0.05, 0) is 27.7 Å². The first-order valence-corrected chi connectivity index (χ1v) is 6.81. The molecule has 0 aliphatic heterocycles. The molecule has 0 saturated heterocycles. The number of aromatic nitrogens is 1. The van der Waals surface area contributed by atoms with Gasteiger partial charge in [-0.25, -0.2) is 0 Å². The second-order valence-corrected chi connectivity index (χ2v) is 5.54. The molecule has 0 aromatic carbocycles. The molecule has 0 bridgehead atoms. The summed E-state index contributed by atoms with van der Waals surface area (Å²) >= 11 is 12.1. The van der Waals surface area contributed by atoms with E-state index >= 15 is 0 Å². The van der Waals surface area contributed by atoms with E-state index in [1.807, 2.05) is 13.8 Å². The van der Waals surface area contributed by atoms with Crippen LogP contribution in [0.3, 0.4) is 0 Å². The van der Waals surface area contributed by atoms with Crippen LogP contribution in [0.25, 0.3) is 0 Å². The van der Waals surface area contributed by atoms with Gasteiger partial charge in [0, 0.05) is 18.8 Å². The molecule has 0 fully saturated rings. The van der Waals surface area contributed by atoms with Gasteiger partial charge in [-0.1, -0.05) is 23.2 Å². The fraction of sp³-hybridized carbons (Fsp3) is 0.538. The molecule has 6 heteroatoms. The van der Waals surface area contributed by atoms with Crippen LogP contribution in [0.1, 0.15) is 36.8 Å². The highest BCUT2D eigenvalue weighted by molar-refractivity contribution is 6.44. The van der Waals surface area contributed by atoms with E-state index in [-0.39, 0.29) is 34.1 Å². The van der Waals surface area contributed by atoms with Crippen LogP contribution in [0.4, 0.5) is 0 Å². The largest absolute Gasteiger partial charge is 0.392 e. The van der Waals surface area contributed by atoms with Gasteiger partial charge >= 0.3 is 0 Å². The van der Waals surface area contributed by atoms with Crippen LogP contribution in [-0.4, -0.2) is 39.6 Å². The lowest BCUT2D eigenvalue weighted by Gasteiger charge is -2.28. The molecule has 1 atom stereocenters. The van der Waals surface area contributed by atoms with Crippen molar-refractivity contribution in [3.05, 3.63) is 27.5 Å². The topological polar surface area (TPSA) is 53.4 Å². The SMILES string of the molecule is Cc1ncc(C(=O)N(CC(C)O)C(C)C)c(Cl)c1Cl. The van der Waals surface area contributed by atoms with Gasteiger partial charge in [0.2, 0.25) is 0 Å². The van der Waals surface area contributed by atoms with Gasteiger partial charge in [-0.2, -0.15) is 0 Å². The number of hydrogen-bond acceptors (Lipinski definition) is 3. The van der Waals surface area contributed by atoms with Gasteiger partial charge in [0.05, 0.1) is 27.4 Å². The minimum Gasteiger partial charge on any atom is -0.392 e. The van der Waals surface area contributed by atoms with E-state index < -0.39 is 6.10 Å². The molecule has 0 aliphatic carbocycles. The number of hydrogen-bond donors (Lipinski definition) is 1. The summed E-state index contributed by atoms with van der Waals surface area (Å²) in [5, 5.41) is 9.96. The van der Waals surface area contributed by atoms with E-state index in [4.69, 9.17) is 23.2 Å². The summed E-state index contributed by atoms with van der Waals surface area (Å²) in [5.41, 5.74) is 0.835. The Kier molecular flexibility index (Phi) is 5.59. The van der Waals surface area contributed by atoms with Crippen molar-refractivity contribution in [2.45, 2.75) is 39.8 Å². The van der Waals surface area contributed by atoms with E-state index in [1.54, 1.807) is 18.7 Å². The lowest BCUT2D eigenvalue weighted by Crippen LogP contribution is -2.41. The van der Waals surface area contributed by atoms with Gasteiger partial charge in [0.25, 0.3) is 5.91 Å². The number of aliphatic hydroxyl groups excluding tert-OH is 1. The molecule has 106 valence electrons. The van der Waals surface area contributed by atoms with Crippen molar-refractivity contribution in [1.29, 1.82) is 0 Å². The van der Waals surface area contributed by atoms with Gasteiger partial charge in [-0.15, -0.1) is 0 Å². The fourth-order valence-electron chi connectivity index (χ4n) is 1.67. The van der Waals surface area contributed by atoms with Crippen LogP contribution in [0, 0.1) is 6.92 Å². The summed E-state index contributed by atoms with van der Waals surface area (Å²) in [6, 6.07) is -0.0572. The second kappa shape index (κ2) is 6.55. The van der Waals surface area contributed by atoms with Crippen molar-refractivity contribution in [3.8, 4) is 0 Å². The Labute approximate surface area is 123 Å². The molecule has 1 aromatic heterocycles. The predicted octanol–water partition coefficient (Wildman–Crippen LogP) is 2.93. The standard InChI is InChI=1S/C13H18Cl2N2O2/c1-7(2)17(6-8(3)18)13(19)10-5-16-9(4)11(14)12(10)15/h5,7-8,18H,6H2,1-4H3. The summed E-state index contributed by atoms with van der Waals surface area (Å²) in [6.07, 6.45) is 0.808. The molecule has 1 aromatic rings. The number of halogens is 2. The maximum Gasteiger partial charge on any atom is 0.257 e. The van der Waals surface area contributed by atoms with E-state index in [9.17, 15) is 9.90 Å². The Hall–Kier alpha value is -0.840. The molecule has 0 saturated carbocycles. The fourth-order valence-corrected chi connectivity index (χ4v) is 2.09. The van der Waals surface area contributed by atoms with E-state index in [1.165, 1.54) is 6.20 Å². The predicted molar refractivity (Wildman–Crippen MR) is 76.8 cm³/mol. The molecule has 4 nitrogen and oxygen atoms in total. The zero-order chi connectivity index (χ0) is 14.7. The lowest BCUT2D eigenvalue weighted by atomic mass is 10.2. The first-order chi connectivity index (χ1) is 8.75. The third-order valence-corrected chi connectivity index (χ3v) is 3.66. The molecule has 19 heavy (non-hydrogen) atoms. The molecule has 1 N–H and O–H groups in total. The zero-order valence-electron chi connectivity index (χ0n) is 11.4. The molecule has 0 aliphatic rings. The Morgan fingerprint density at radius 1 is 1.37 bits per heavy atom. The summed E-state index contributed by atoms with van der Waals surface area (Å²) in [5.74, 6) is -0.282. The summed E-state index contributed by atoms with van der Waals surface area (Å²) < 4.78 is 0. The minimum absolute atomic E-state index is 0.0572. The van der Waals surface area contributed by atoms with Crippen molar-refractivity contribution < 1.29 is 9.90 Å². The van der Waals surface area contributed by atoms with Gasteiger partial charge in [-0.3, -0.25) is 9.78 Å². The van der Waals surface area contributed by atoms with Crippen molar-refractivity contribution in [2.75, 3.05) is 6.54 Å². The third-order valence-electron chi connectivity index (χ3n) is 2.71. The molecule has 0 spiro atoms. The summed E-state index contributed by atoms with van der Waals surface area (Å²) in [6.45, 7) is 7.33. The highest BCUT2D eigenvalue weighted by Gasteiger charge is 2.24. The first kappa shape index (κ1) is 16.2.